The van der Waals surface area contributed by atoms with Gasteiger partial charge >= 0.3 is 0 Å². The summed E-state index contributed by atoms with van der Waals surface area (Å²) in [5, 5.41) is 3.58. The first kappa shape index (κ1) is 17.0. The van der Waals surface area contributed by atoms with Gasteiger partial charge < -0.3 is 20.8 Å². The summed E-state index contributed by atoms with van der Waals surface area (Å²) < 4.78 is 20.3. The van der Waals surface area contributed by atoms with E-state index in [9.17, 15) is 4.39 Å². The molecule has 2 heterocycles. The van der Waals surface area contributed by atoms with E-state index in [1.807, 2.05) is 31.2 Å². The molecule has 0 spiro atoms. The van der Waals surface area contributed by atoms with Gasteiger partial charge in [-0.15, -0.1) is 0 Å². The number of fused-ring (bicyclic) bond motifs is 1. The van der Waals surface area contributed by atoms with Crippen molar-refractivity contribution in [2.75, 3.05) is 5.32 Å². The highest BCUT2D eigenvalue weighted by molar-refractivity contribution is 5.82. The van der Waals surface area contributed by atoms with Gasteiger partial charge in [0.15, 0.2) is 11.6 Å². The van der Waals surface area contributed by atoms with Crippen LogP contribution in [-0.2, 0) is 6.54 Å². The molecule has 0 aliphatic heterocycles. The maximum atomic E-state index is 14.7. The summed E-state index contributed by atoms with van der Waals surface area (Å²) >= 11 is 0. The summed E-state index contributed by atoms with van der Waals surface area (Å²) in [5.74, 6) is 0.269. The van der Waals surface area contributed by atoms with E-state index in [4.69, 9.17) is 10.5 Å². The number of nitrogens with zero attached hydrogens (tertiary/aromatic N) is 2. The Bertz CT molecular complexity index is 1110. The second-order valence-corrected chi connectivity index (χ2v) is 6.14. The number of rotatable bonds is 5. The average molecular weight is 363 g/mol. The van der Waals surface area contributed by atoms with Crippen molar-refractivity contribution in [3.8, 4) is 11.6 Å². The molecular weight excluding hydrogens is 345 g/mol. The Morgan fingerprint density at radius 1 is 1.19 bits per heavy atom. The number of aromatic nitrogens is 3. The zero-order valence-electron chi connectivity index (χ0n) is 14.7. The highest BCUT2D eigenvalue weighted by Gasteiger charge is 2.12. The first-order valence-electron chi connectivity index (χ1n) is 8.47. The van der Waals surface area contributed by atoms with Crippen molar-refractivity contribution in [2.45, 2.75) is 13.5 Å². The number of nitrogens with two attached hydrogens (primary N) is 1. The number of hydrogen-bond acceptors (Lipinski definition) is 5. The van der Waals surface area contributed by atoms with Gasteiger partial charge in [0.25, 0.3) is 0 Å². The zero-order chi connectivity index (χ0) is 18.8. The van der Waals surface area contributed by atoms with Crippen LogP contribution in [0, 0.1) is 12.7 Å². The van der Waals surface area contributed by atoms with Gasteiger partial charge in [-0.3, -0.25) is 0 Å². The van der Waals surface area contributed by atoms with Gasteiger partial charge in [-0.2, -0.15) is 4.98 Å². The fourth-order valence-corrected chi connectivity index (χ4v) is 2.84. The monoisotopic (exact) mass is 363 g/mol. The SMILES string of the molecule is Cc1cc2c(F)c(Oc3ccnc(Nc4cccc(CN)c4)n3)ccc2[nH]1. The molecule has 7 heteroatoms. The van der Waals surface area contributed by atoms with E-state index in [2.05, 4.69) is 20.3 Å². The Balaban J connectivity index is 1.58. The van der Waals surface area contributed by atoms with Gasteiger partial charge in [0.1, 0.15) is 0 Å². The summed E-state index contributed by atoms with van der Waals surface area (Å²) in [7, 11) is 0. The molecule has 0 radical (unpaired) electrons. The molecule has 136 valence electrons. The van der Waals surface area contributed by atoms with Crippen LogP contribution in [0.1, 0.15) is 11.3 Å². The van der Waals surface area contributed by atoms with Gasteiger partial charge in [-0.25, -0.2) is 9.37 Å². The molecule has 0 saturated heterocycles. The smallest absolute Gasteiger partial charge is 0.230 e. The van der Waals surface area contributed by atoms with E-state index in [1.165, 1.54) is 0 Å². The molecule has 2 aromatic heterocycles. The average Bonchev–Trinajstić information content (AvgIpc) is 3.06. The molecule has 27 heavy (non-hydrogen) atoms. The number of nitrogens with one attached hydrogen (secondary N) is 2. The van der Waals surface area contributed by atoms with Crippen molar-refractivity contribution < 1.29 is 9.13 Å². The van der Waals surface area contributed by atoms with E-state index in [1.54, 1.807) is 30.5 Å². The van der Waals surface area contributed by atoms with E-state index >= 15 is 0 Å². The van der Waals surface area contributed by atoms with Gasteiger partial charge in [0.2, 0.25) is 11.8 Å². The summed E-state index contributed by atoms with van der Waals surface area (Å²) in [6, 6.07) is 14.3. The van der Waals surface area contributed by atoms with Crippen molar-refractivity contribution in [2.24, 2.45) is 5.73 Å². The number of anilines is 2. The lowest BCUT2D eigenvalue weighted by Crippen LogP contribution is -2.01. The molecule has 0 aliphatic carbocycles. The number of benzene rings is 2. The first-order chi connectivity index (χ1) is 13.1. The van der Waals surface area contributed by atoms with Crippen molar-refractivity contribution in [1.82, 2.24) is 15.0 Å². The second kappa shape index (κ2) is 7.05. The topological polar surface area (TPSA) is 88.8 Å². The maximum absolute atomic E-state index is 14.7. The van der Waals surface area contributed by atoms with Crippen LogP contribution >= 0.6 is 0 Å². The van der Waals surface area contributed by atoms with E-state index in [0.717, 1.165) is 22.5 Å². The lowest BCUT2D eigenvalue weighted by atomic mass is 10.2. The zero-order valence-corrected chi connectivity index (χ0v) is 14.7. The van der Waals surface area contributed by atoms with Crippen molar-refractivity contribution in [1.29, 1.82) is 0 Å². The van der Waals surface area contributed by atoms with Crippen molar-refractivity contribution in [3.63, 3.8) is 0 Å². The van der Waals surface area contributed by atoms with E-state index < -0.39 is 5.82 Å². The number of aryl methyl sites for hydroxylation is 1. The van der Waals surface area contributed by atoms with Crippen LogP contribution < -0.4 is 15.8 Å². The summed E-state index contributed by atoms with van der Waals surface area (Å²) in [5.41, 5.74) is 9.07. The van der Waals surface area contributed by atoms with E-state index in [0.29, 0.717) is 17.9 Å². The summed E-state index contributed by atoms with van der Waals surface area (Å²) in [6.45, 7) is 2.32. The molecule has 0 amide bonds. The Morgan fingerprint density at radius 3 is 2.93 bits per heavy atom. The molecule has 6 nitrogen and oxygen atoms in total. The predicted molar refractivity (Wildman–Crippen MR) is 103 cm³/mol. The highest BCUT2D eigenvalue weighted by Crippen LogP contribution is 2.30. The number of ether oxygens (including phenoxy) is 1. The van der Waals surface area contributed by atoms with Gasteiger partial charge in [-0.1, -0.05) is 12.1 Å². The Kier molecular flexibility index (Phi) is 4.43. The number of H-pyrrole nitrogens is 1. The molecule has 0 unspecified atom stereocenters. The molecule has 0 fully saturated rings. The van der Waals surface area contributed by atoms with Crippen LogP contribution in [0.15, 0.2) is 54.7 Å². The van der Waals surface area contributed by atoms with Crippen molar-refractivity contribution in [3.05, 3.63) is 71.8 Å². The molecule has 4 rings (SSSR count). The minimum Gasteiger partial charge on any atom is -0.436 e. The fourth-order valence-electron chi connectivity index (χ4n) is 2.84. The van der Waals surface area contributed by atoms with Crippen molar-refractivity contribution >= 4 is 22.5 Å². The summed E-state index contributed by atoms with van der Waals surface area (Å²) in [4.78, 5) is 11.6. The van der Waals surface area contributed by atoms with Gasteiger partial charge in [-0.05, 0) is 42.8 Å². The van der Waals surface area contributed by atoms with E-state index in [-0.39, 0.29) is 11.6 Å². The highest BCUT2D eigenvalue weighted by atomic mass is 19.1. The minimum atomic E-state index is -0.430. The van der Waals surface area contributed by atoms with Gasteiger partial charge in [0, 0.05) is 41.1 Å². The summed E-state index contributed by atoms with van der Waals surface area (Å²) in [6.07, 6.45) is 1.55. The molecule has 0 atom stereocenters. The number of aromatic amines is 1. The Morgan fingerprint density at radius 2 is 2.07 bits per heavy atom. The molecule has 0 aliphatic rings. The van der Waals surface area contributed by atoms with Crippen LogP contribution in [0.2, 0.25) is 0 Å². The predicted octanol–water partition coefficient (Wildman–Crippen LogP) is 4.40. The lowest BCUT2D eigenvalue weighted by Gasteiger charge is -2.09. The maximum Gasteiger partial charge on any atom is 0.230 e. The first-order valence-corrected chi connectivity index (χ1v) is 8.47. The quantitative estimate of drug-likeness (QED) is 0.489. The van der Waals surface area contributed by atoms with Crippen LogP contribution in [0.25, 0.3) is 10.9 Å². The Hall–Kier alpha value is -3.45. The lowest BCUT2D eigenvalue weighted by molar-refractivity contribution is 0.430. The molecular formula is C20H18FN5O. The third kappa shape index (κ3) is 3.58. The third-order valence-electron chi connectivity index (χ3n) is 4.10. The number of hydrogen-bond donors (Lipinski definition) is 3. The number of halogens is 1. The molecule has 4 aromatic rings. The second-order valence-electron chi connectivity index (χ2n) is 6.14. The van der Waals surface area contributed by atoms with Crippen LogP contribution in [0.5, 0.6) is 11.6 Å². The standard InChI is InChI=1S/C20H18FN5O/c1-12-9-15-16(24-12)5-6-17(19(15)21)27-18-7-8-23-20(26-18)25-14-4-2-3-13(10-14)11-22/h2-10,24H,11,22H2,1H3,(H,23,25,26). The van der Waals surface area contributed by atoms with Crippen LogP contribution in [0.4, 0.5) is 16.0 Å². The minimum absolute atomic E-state index is 0.108. The van der Waals surface area contributed by atoms with Crippen LogP contribution in [0.3, 0.4) is 0 Å². The normalized spacial score (nSPS) is 10.9. The molecule has 0 bridgehead atoms. The fraction of sp³-hybridized carbons (Fsp3) is 0.100. The largest absolute Gasteiger partial charge is 0.436 e. The van der Waals surface area contributed by atoms with Crippen LogP contribution in [-0.4, -0.2) is 15.0 Å². The van der Waals surface area contributed by atoms with Gasteiger partial charge in [0.05, 0.1) is 0 Å². The molecule has 0 saturated carbocycles. The molecule has 2 aromatic carbocycles. The Labute approximate surface area is 155 Å². The molecule has 4 N–H and O–H groups in total. The third-order valence-corrected chi connectivity index (χ3v) is 4.10.